The zero-order valence-corrected chi connectivity index (χ0v) is 10.3. The van der Waals surface area contributed by atoms with E-state index in [1.807, 2.05) is 0 Å². The van der Waals surface area contributed by atoms with Crippen LogP contribution < -0.4 is 16.9 Å². The highest BCUT2D eigenvalue weighted by atomic mass is 19.4. The largest absolute Gasteiger partial charge is 0.510 e. The Morgan fingerprint density at radius 2 is 1.81 bits per heavy atom. The quantitative estimate of drug-likeness (QED) is 0.643. The molecule has 10 heteroatoms. The van der Waals surface area contributed by atoms with Gasteiger partial charge < -0.3 is 24.4 Å². The zero-order valence-electron chi connectivity index (χ0n) is 10.3. The van der Waals surface area contributed by atoms with Gasteiger partial charge in [0.15, 0.2) is 0 Å². The van der Waals surface area contributed by atoms with Crippen LogP contribution in [0.15, 0.2) is 18.2 Å². The third-order valence-corrected chi connectivity index (χ3v) is 2.69. The fraction of sp³-hybridized carbons (Fsp3) is 0. The second-order valence-electron chi connectivity index (χ2n) is 4.11. The van der Waals surface area contributed by atoms with E-state index in [-0.39, 0.29) is 23.0 Å². The van der Waals surface area contributed by atoms with Crippen LogP contribution in [-0.2, 0) is 0 Å². The zero-order chi connectivity index (χ0) is 15.8. The summed E-state index contributed by atoms with van der Waals surface area (Å²) >= 11 is 0. The van der Waals surface area contributed by atoms with E-state index in [2.05, 4.69) is 9.97 Å². The van der Waals surface area contributed by atoms with E-state index in [1.54, 1.807) is 6.07 Å². The number of nitrogens with zero attached hydrogens (tertiary/aromatic N) is 3. The number of aromatic nitrogens is 2. The van der Waals surface area contributed by atoms with Crippen LogP contribution >= 0.6 is 0 Å². The van der Waals surface area contributed by atoms with Gasteiger partial charge in [-0.2, -0.15) is 10.2 Å². The Balaban J connectivity index is 2.83. The minimum absolute atomic E-state index is 0.338. The Bertz CT molecular complexity index is 753. The van der Waals surface area contributed by atoms with Crippen molar-refractivity contribution in [2.45, 2.75) is 0 Å². The SMILES string of the molecule is N#Cc1c(N)nc(N)nc1-c1ccc(F)cc1[B-](F)(F)F. The molecule has 0 aliphatic heterocycles. The van der Waals surface area contributed by atoms with Crippen LogP contribution in [0.4, 0.5) is 29.1 Å². The van der Waals surface area contributed by atoms with Gasteiger partial charge in [-0.05, 0) is 11.6 Å². The summed E-state index contributed by atoms with van der Waals surface area (Å²) in [6.07, 6.45) is 0. The molecule has 1 heterocycles. The molecular weight excluding hydrogens is 289 g/mol. The Morgan fingerprint density at radius 1 is 1.14 bits per heavy atom. The van der Waals surface area contributed by atoms with Gasteiger partial charge in [0.2, 0.25) is 5.95 Å². The number of halogens is 4. The minimum Gasteiger partial charge on any atom is -0.445 e. The molecule has 0 amide bonds. The average Bonchev–Trinajstić information content (AvgIpc) is 2.36. The molecule has 0 fully saturated rings. The second-order valence-corrected chi connectivity index (χ2v) is 4.11. The number of rotatable bonds is 2. The molecule has 2 aromatic rings. The fourth-order valence-electron chi connectivity index (χ4n) is 1.82. The number of nitrogen functional groups attached to an aromatic ring is 2. The van der Waals surface area contributed by atoms with E-state index >= 15 is 0 Å². The maximum absolute atomic E-state index is 13.1. The van der Waals surface area contributed by atoms with Crippen LogP contribution in [0.25, 0.3) is 11.3 Å². The fourth-order valence-corrected chi connectivity index (χ4v) is 1.82. The Kier molecular flexibility index (Phi) is 3.43. The molecule has 0 bridgehead atoms. The number of hydrogen-bond acceptors (Lipinski definition) is 5. The summed E-state index contributed by atoms with van der Waals surface area (Å²) in [5, 5.41) is 9.00. The molecule has 0 saturated carbocycles. The first-order valence-corrected chi connectivity index (χ1v) is 5.57. The van der Waals surface area contributed by atoms with Gasteiger partial charge in [-0.1, -0.05) is 17.6 Å². The molecule has 1 aromatic heterocycles. The predicted octanol–water partition coefficient (Wildman–Crippen LogP) is 1.37. The van der Waals surface area contributed by atoms with E-state index in [0.29, 0.717) is 6.07 Å². The van der Waals surface area contributed by atoms with Crippen LogP contribution in [0.3, 0.4) is 0 Å². The van der Waals surface area contributed by atoms with Crippen molar-refractivity contribution in [2.75, 3.05) is 11.5 Å². The number of benzene rings is 1. The third-order valence-electron chi connectivity index (χ3n) is 2.69. The topological polar surface area (TPSA) is 102 Å². The van der Waals surface area contributed by atoms with Gasteiger partial charge in [0.25, 0.3) is 0 Å². The van der Waals surface area contributed by atoms with E-state index in [9.17, 15) is 17.3 Å². The molecule has 108 valence electrons. The van der Waals surface area contributed by atoms with Gasteiger partial charge in [0, 0.05) is 0 Å². The first-order chi connectivity index (χ1) is 9.74. The van der Waals surface area contributed by atoms with E-state index in [1.165, 1.54) is 0 Å². The molecule has 0 aliphatic rings. The molecule has 0 unspecified atom stereocenters. The molecule has 0 aliphatic carbocycles. The highest BCUT2D eigenvalue weighted by molar-refractivity contribution is 6.75. The third kappa shape index (κ3) is 2.71. The van der Waals surface area contributed by atoms with Crippen LogP contribution in [0.5, 0.6) is 0 Å². The molecule has 0 saturated heterocycles. The summed E-state index contributed by atoms with van der Waals surface area (Å²) in [7, 11) is 0. The van der Waals surface area contributed by atoms with E-state index in [0.717, 1.165) is 12.1 Å². The smallest absolute Gasteiger partial charge is 0.445 e. The van der Waals surface area contributed by atoms with Crippen molar-refractivity contribution in [1.29, 1.82) is 5.26 Å². The van der Waals surface area contributed by atoms with Crippen molar-refractivity contribution in [3.05, 3.63) is 29.6 Å². The monoisotopic (exact) mass is 296 g/mol. The van der Waals surface area contributed by atoms with Gasteiger partial charge in [-0.3, -0.25) is 0 Å². The lowest BCUT2D eigenvalue weighted by molar-refractivity contribution is 0.500. The number of nitrogens with two attached hydrogens (primary N) is 2. The summed E-state index contributed by atoms with van der Waals surface area (Å²) in [5.74, 6) is -1.78. The van der Waals surface area contributed by atoms with E-state index in [4.69, 9.17) is 16.7 Å². The van der Waals surface area contributed by atoms with Crippen molar-refractivity contribution in [3.8, 4) is 17.3 Å². The highest BCUT2D eigenvalue weighted by Gasteiger charge is 2.30. The van der Waals surface area contributed by atoms with Crippen LogP contribution in [0.1, 0.15) is 5.56 Å². The summed E-state index contributed by atoms with van der Waals surface area (Å²) in [5.41, 5.74) is 8.39. The number of nitriles is 1. The van der Waals surface area contributed by atoms with Crippen LogP contribution in [-0.4, -0.2) is 16.9 Å². The lowest BCUT2D eigenvalue weighted by Crippen LogP contribution is -2.36. The molecule has 0 radical (unpaired) electrons. The van der Waals surface area contributed by atoms with Gasteiger partial charge in [-0.15, -0.1) is 0 Å². The molecular formula is C11H7BF4N5-. The van der Waals surface area contributed by atoms with Gasteiger partial charge >= 0.3 is 6.98 Å². The van der Waals surface area contributed by atoms with Gasteiger partial charge in [0.1, 0.15) is 23.3 Å². The van der Waals surface area contributed by atoms with Gasteiger partial charge in [0.05, 0.1) is 5.69 Å². The van der Waals surface area contributed by atoms with Crippen LogP contribution in [0, 0.1) is 17.1 Å². The summed E-state index contributed by atoms with van der Waals surface area (Å²) < 4.78 is 52.3. The Labute approximate surface area is 116 Å². The first kappa shape index (κ1) is 14.6. The molecule has 5 nitrogen and oxygen atoms in total. The van der Waals surface area contributed by atoms with Gasteiger partial charge in [-0.25, -0.2) is 9.37 Å². The van der Waals surface area contributed by atoms with Crippen molar-refractivity contribution < 1.29 is 17.3 Å². The number of anilines is 2. The Morgan fingerprint density at radius 3 is 2.38 bits per heavy atom. The second kappa shape index (κ2) is 4.94. The summed E-state index contributed by atoms with van der Waals surface area (Å²) in [6.45, 7) is -5.52. The molecule has 1 aromatic carbocycles. The molecule has 21 heavy (non-hydrogen) atoms. The maximum Gasteiger partial charge on any atom is 0.510 e. The lowest BCUT2D eigenvalue weighted by atomic mass is 9.75. The minimum atomic E-state index is -5.52. The van der Waals surface area contributed by atoms with Crippen molar-refractivity contribution >= 4 is 24.2 Å². The highest BCUT2D eigenvalue weighted by Crippen LogP contribution is 2.27. The van der Waals surface area contributed by atoms with Crippen molar-refractivity contribution in [3.63, 3.8) is 0 Å². The molecule has 2 rings (SSSR count). The van der Waals surface area contributed by atoms with E-state index < -0.39 is 23.8 Å². The normalized spacial score (nSPS) is 11.2. The van der Waals surface area contributed by atoms with Crippen molar-refractivity contribution in [1.82, 2.24) is 9.97 Å². The predicted molar refractivity (Wildman–Crippen MR) is 69.7 cm³/mol. The summed E-state index contributed by atoms with van der Waals surface area (Å²) in [6, 6.07) is 3.67. The van der Waals surface area contributed by atoms with Crippen LogP contribution in [0.2, 0.25) is 0 Å². The number of hydrogen-bond donors (Lipinski definition) is 2. The molecule has 0 atom stereocenters. The first-order valence-electron chi connectivity index (χ1n) is 5.57. The Hall–Kier alpha value is -2.83. The maximum atomic E-state index is 13.1. The molecule has 0 spiro atoms. The average molecular weight is 296 g/mol. The van der Waals surface area contributed by atoms with Crippen molar-refractivity contribution in [2.24, 2.45) is 0 Å². The lowest BCUT2D eigenvalue weighted by Gasteiger charge is -2.20. The molecule has 4 N–H and O–H groups in total. The summed E-state index contributed by atoms with van der Waals surface area (Å²) in [4.78, 5) is 7.14. The standard InChI is InChI=1S/C11H7BF4N5/c13-5-1-2-6(8(3-5)12(14,15)16)9-7(4-17)10(18)21-11(19)20-9/h1-3H,(H4,18,19,20,21)/q-1.